The molecule has 108 valence electrons. The van der Waals surface area contributed by atoms with Gasteiger partial charge in [0, 0.05) is 18.8 Å². The van der Waals surface area contributed by atoms with E-state index in [4.69, 9.17) is 0 Å². The first-order valence-corrected chi connectivity index (χ1v) is 8.50. The predicted molar refractivity (Wildman–Crippen MR) is 76.6 cm³/mol. The molecular weight excluding hydrogens is 265 g/mol. The Bertz CT molecular complexity index is 500. The Kier molecular flexibility index (Phi) is 5.94. The van der Waals surface area contributed by atoms with E-state index >= 15 is 0 Å². The van der Waals surface area contributed by atoms with Crippen LogP contribution in [0.15, 0.2) is 24.3 Å². The van der Waals surface area contributed by atoms with Crippen LogP contribution >= 0.6 is 0 Å². The van der Waals surface area contributed by atoms with Gasteiger partial charge in [-0.15, -0.1) is 0 Å². The third-order valence-electron chi connectivity index (χ3n) is 2.93. The van der Waals surface area contributed by atoms with Crippen molar-refractivity contribution in [3.05, 3.63) is 35.6 Å². The normalized spacial score (nSPS) is 13.7. The Morgan fingerprint density at radius 3 is 2.53 bits per heavy atom. The topological polar surface area (TPSA) is 46.2 Å². The van der Waals surface area contributed by atoms with Crippen LogP contribution in [0.3, 0.4) is 0 Å². The average Bonchev–Trinajstić information content (AvgIpc) is 2.27. The number of nitrogens with one attached hydrogen (secondary N) is 1. The van der Waals surface area contributed by atoms with Gasteiger partial charge in [0.2, 0.25) is 0 Å². The Morgan fingerprint density at radius 1 is 1.32 bits per heavy atom. The summed E-state index contributed by atoms with van der Waals surface area (Å²) >= 11 is 0. The zero-order valence-electron chi connectivity index (χ0n) is 11.7. The van der Waals surface area contributed by atoms with Gasteiger partial charge >= 0.3 is 0 Å². The van der Waals surface area contributed by atoms with E-state index in [1.54, 1.807) is 6.07 Å². The lowest BCUT2D eigenvalue weighted by molar-refractivity contribution is 0.515. The van der Waals surface area contributed by atoms with E-state index in [2.05, 4.69) is 5.32 Å². The van der Waals surface area contributed by atoms with Crippen molar-refractivity contribution in [1.82, 2.24) is 5.32 Å². The van der Waals surface area contributed by atoms with Crippen molar-refractivity contribution in [2.24, 2.45) is 0 Å². The van der Waals surface area contributed by atoms with E-state index in [9.17, 15) is 12.8 Å². The van der Waals surface area contributed by atoms with Crippen molar-refractivity contribution in [3.8, 4) is 0 Å². The smallest absolute Gasteiger partial charge is 0.147 e. The molecule has 1 N–H and O–H groups in total. The highest BCUT2D eigenvalue weighted by molar-refractivity contribution is 7.90. The summed E-state index contributed by atoms with van der Waals surface area (Å²) in [6.07, 6.45) is 1.73. The van der Waals surface area contributed by atoms with Crippen LogP contribution in [0.4, 0.5) is 4.39 Å². The largest absolute Gasteiger partial charge is 0.314 e. The monoisotopic (exact) mass is 287 g/mol. The van der Waals surface area contributed by atoms with Gasteiger partial charge in [0.15, 0.2) is 0 Å². The van der Waals surface area contributed by atoms with Crippen LogP contribution in [0.5, 0.6) is 0 Å². The molecule has 1 unspecified atom stereocenters. The van der Waals surface area contributed by atoms with E-state index in [0.717, 1.165) is 5.56 Å². The summed E-state index contributed by atoms with van der Waals surface area (Å²) in [5, 5.41) is 3.28. The maximum Gasteiger partial charge on any atom is 0.147 e. The number of hydrogen-bond acceptors (Lipinski definition) is 3. The third-order valence-corrected chi connectivity index (χ3v) is 3.91. The van der Waals surface area contributed by atoms with Crippen molar-refractivity contribution in [2.75, 3.05) is 18.6 Å². The fourth-order valence-electron chi connectivity index (χ4n) is 1.88. The molecule has 3 nitrogen and oxygen atoms in total. The summed E-state index contributed by atoms with van der Waals surface area (Å²) in [6, 6.07) is 6.70. The second-order valence-electron chi connectivity index (χ2n) is 5.23. The van der Waals surface area contributed by atoms with Crippen molar-refractivity contribution >= 4 is 9.84 Å². The second kappa shape index (κ2) is 7.01. The molecule has 1 atom stereocenters. The van der Waals surface area contributed by atoms with Crippen LogP contribution in [0.25, 0.3) is 0 Å². The lowest BCUT2D eigenvalue weighted by Gasteiger charge is -2.19. The lowest BCUT2D eigenvalue weighted by Crippen LogP contribution is -2.29. The average molecular weight is 287 g/mol. The molecular formula is C14H22FNO2S. The molecule has 0 bridgehead atoms. The van der Waals surface area contributed by atoms with E-state index in [1.807, 2.05) is 19.9 Å². The Morgan fingerprint density at radius 2 is 2.00 bits per heavy atom. The molecule has 0 saturated heterocycles. The number of hydrogen-bond donors (Lipinski definition) is 1. The molecule has 0 aromatic heterocycles. The van der Waals surface area contributed by atoms with Gasteiger partial charge in [0.25, 0.3) is 0 Å². The molecule has 0 amide bonds. The van der Waals surface area contributed by atoms with Crippen LogP contribution in [-0.4, -0.2) is 33.0 Å². The molecule has 0 aliphatic rings. The van der Waals surface area contributed by atoms with Gasteiger partial charge in [-0.05, 0) is 30.0 Å². The quantitative estimate of drug-likeness (QED) is 0.837. The van der Waals surface area contributed by atoms with Crippen LogP contribution in [-0.2, 0) is 9.84 Å². The van der Waals surface area contributed by atoms with Crippen molar-refractivity contribution in [3.63, 3.8) is 0 Å². The predicted octanol–water partition coefficient (Wildman–Crippen LogP) is 2.34. The van der Waals surface area contributed by atoms with Gasteiger partial charge in [-0.1, -0.05) is 26.0 Å². The van der Waals surface area contributed by atoms with Gasteiger partial charge in [-0.2, -0.15) is 0 Å². The Hall–Kier alpha value is -0.940. The van der Waals surface area contributed by atoms with Crippen LogP contribution in [0.2, 0.25) is 0 Å². The molecule has 0 spiro atoms. The number of sulfone groups is 1. The Labute approximate surface area is 115 Å². The highest BCUT2D eigenvalue weighted by atomic mass is 32.2. The minimum atomic E-state index is -3.00. The maximum atomic E-state index is 13.3. The summed E-state index contributed by atoms with van der Waals surface area (Å²) < 4.78 is 35.8. The fraction of sp³-hybridized carbons (Fsp3) is 0.571. The minimum absolute atomic E-state index is 0.00725. The van der Waals surface area contributed by atoms with Crippen LogP contribution < -0.4 is 5.32 Å². The minimum Gasteiger partial charge on any atom is -0.314 e. The fourth-order valence-corrected chi connectivity index (χ4v) is 2.59. The van der Waals surface area contributed by atoms with Crippen LogP contribution in [0, 0.1) is 5.82 Å². The van der Waals surface area contributed by atoms with Crippen molar-refractivity contribution in [2.45, 2.75) is 32.2 Å². The maximum absolute atomic E-state index is 13.3. The highest BCUT2D eigenvalue weighted by Gasteiger charge is 2.15. The number of rotatable bonds is 7. The van der Waals surface area contributed by atoms with E-state index in [-0.39, 0.29) is 17.5 Å². The van der Waals surface area contributed by atoms with E-state index < -0.39 is 9.84 Å². The third kappa shape index (κ3) is 6.68. The standard InChI is InChI=1S/C14H22FNO2S/c1-11(2)16-10-13(7-8-19(3,17)18)12-5-4-6-14(15)9-12/h4-6,9,11,13,16H,7-8,10H2,1-3H3. The zero-order chi connectivity index (χ0) is 14.5. The summed E-state index contributed by atoms with van der Waals surface area (Å²) in [5.41, 5.74) is 0.844. The lowest BCUT2D eigenvalue weighted by atomic mass is 9.96. The molecule has 5 heteroatoms. The number of benzene rings is 1. The molecule has 19 heavy (non-hydrogen) atoms. The van der Waals surface area contributed by atoms with Gasteiger partial charge in [0.1, 0.15) is 15.7 Å². The van der Waals surface area contributed by atoms with Crippen molar-refractivity contribution in [1.29, 1.82) is 0 Å². The molecule has 0 heterocycles. The molecule has 0 aliphatic carbocycles. The Balaban J connectivity index is 2.79. The molecule has 1 rings (SSSR count). The summed E-state index contributed by atoms with van der Waals surface area (Å²) in [7, 11) is -3.00. The first kappa shape index (κ1) is 16.1. The SMILES string of the molecule is CC(C)NCC(CCS(C)(=O)=O)c1cccc(F)c1. The summed E-state index contributed by atoms with van der Waals surface area (Å²) in [6.45, 7) is 4.70. The molecule has 1 aromatic carbocycles. The van der Waals surface area contributed by atoms with Crippen molar-refractivity contribution < 1.29 is 12.8 Å². The summed E-state index contributed by atoms with van der Waals surface area (Å²) in [5.74, 6) is -0.159. The van der Waals surface area contributed by atoms with Crippen LogP contribution in [0.1, 0.15) is 31.7 Å². The van der Waals surface area contributed by atoms with Gasteiger partial charge in [-0.25, -0.2) is 12.8 Å². The molecule has 0 fully saturated rings. The zero-order valence-corrected chi connectivity index (χ0v) is 12.5. The molecule has 1 aromatic rings. The van der Waals surface area contributed by atoms with E-state index in [0.29, 0.717) is 19.0 Å². The molecule has 0 saturated carbocycles. The first-order valence-electron chi connectivity index (χ1n) is 6.44. The second-order valence-corrected chi connectivity index (χ2v) is 7.49. The highest BCUT2D eigenvalue weighted by Crippen LogP contribution is 2.20. The summed E-state index contributed by atoms with van der Waals surface area (Å²) in [4.78, 5) is 0. The first-order chi connectivity index (χ1) is 8.78. The number of halogens is 1. The van der Waals surface area contributed by atoms with Gasteiger partial charge in [-0.3, -0.25) is 0 Å². The van der Waals surface area contributed by atoms with E-state index in [1.165, 1.54) is 18.4 Å². The molecule has 0 aliphatic heterocycles. The van der Waals surface area contributed by atoms with Gasteiger partial charge in [0.05, 0.1) is 5.75 Å². The molecule has 0 radical (unpaired) electrons. The van der Waals surface area contributed by atoms with Gasteiger partial charge < -0.3 is 5.32 Å².